The summed E-state index contributed by atoms with van der Waals surface area (Å²) >= 11 is 0. The van der Waals surface area contributed by atoms with Crippen molar-refractivity contribution in [3.05, 3.63) is 23.8 Å². The Morgan fingerprint density at radius 1 is 1.38 bits per heavy atom. The Morgan fingerprint density at radius 3 is 2.69 bits per heavy atom. The lowest BCUT2D eigenvalue weighted by molar-refractivity contribution is -0.119. The molecule has 2 rings (SSSR count). The van der Waals surface area contributed by atoms with Crippen LogP contribution in [0.4, 0.5) is 11.4 Å². The maximum atomic E-state index is 12.1. The average molecular weight is 218 g/mol. The van der Waals surface area contributed by atoms with Gasteiger partial charge in [0.25, 0.3) is 0 Å². The van der Waals surface area contributed by atoms with Crippen LogP contribution in [-0.4, -0.2) is 18.0 Å². The van der Waals surface area contributed by atoms with Gasteiger partial charge in [0.2, 0.25) is 5.91 Å². The lowest BCUT2D eigenvalue weighted by Crippen LogP contribution is -2.48. The third-order valence-corrected chi connectivity index (χ3v) is 2.91. The lowest BCUT2D eigenvalue weighted by Gasteiger charge is -2.36. The van der Waals surface area contributed by atoms with Crippen molar-refractivity contribution in [3.63, 3.8) is 0 Å². The molecule has 16 heavy (non-hydrogen) atoms. The van der Waals surface area contributed by atoms with Gasteiger partial charge in [-0.25, -0.2) is 0 Å². The van der Waals surface area contributed by atoms with Gasteiger partial charge in [-0.3, -0.25) is 4.79 Å². The molecule has 1 N–H and O–H groups in total. The van der Waals surface area contributed by atoms with Crippen LogP contribution in [0.3, 0.4) is 0 Å². The summed E-state index contributed by atoms with van der Waals surface area (Å²) in [7, 11) is 0. The van der Waals surface area contributed by atoms with Crippen LogP contribution in [-0.2, 0) is 4.79 Å². The maximum absolute atomic E-state index is 12.1. The minimum Gasteiger partial charge on any atom is -0.372 e. The van der Waals surface area contributed by atoms with E-state index >= 15 is 0 Å². The standard InChI is InChI=1S/C13H18N2O/c1-8(2)15-12-7-9(3)5-6-11(12)14-10(4)13(15)16/h5-8,10,14H,1-4H3. The van der Waals surface area contributed by atoms with Gasteiger partial charge in [-0.15, -0.1) is 0 Å². The molecule has 0 fully saturated rings. The number of amides is 1. The normalized spacial score (nSPS) is 19.7. The molecular formula is C13H18N2O. The fourth-order valence-corrected chi connectivity index (χ4v) is 2.12. The van der Waals surface area contributed by atoms with Crippen molar-refractivity contribution < 1.29 is 4.79 Å². The third kappa shape index (κ3) is 1.66. The van der Waals surface area contributed by atoms with Crippen LogP contribution in [0.1, 0.15) is 26.3 Å². The van der Waals surface area contributed by atoms with Crippen LogP contribution in [0.5, 0.6) is 0 Å². The van der Waals surface area contributed by atoms with Crippen molar-refractivity contribution in [2.45, 2.75) is 39.8 Å². The molecule has 0 spiro atoms. The van der Waals surface area contributed by atoms with Gasteiger partial charge < -0.3 is 10.2 Å². The average Bonchev–Trinajstić information content (AvgIpc) is 2.20. The molecule has 1 aromatic carbocycles. The number of carbonyl (C=O) groups excluding carboxylic acids is 1. The zero-order chi connectivity index (χ0) is 11.9. The summed E-state index contributed by atoms with van der Waals surface area (Å²) in [4.78, 5) is 14.0. The highest BCUT2D eigenvalue weighted by Crippen LogP contribution is 2.33. The van der Waals surface area contributed by atoms with E-state index in [4.69, 9.17) is 0 Å². The Hall–Kier alpha value is -1.51. The van der Waals surface area contributed by atoms with Crippen LogP contribution >= 0.6 is 0 Å². The Labute approximate surface area is 96.5 Å². The number of rotatable bonds is 1. The van der Waals surface area contributed by atoms with E-state index in [1.807, 2.05) is 38.7 Å². The number of benzene rings is 1. The lowest BCUT2D eigenvalue weighted by atomic mass is 10.1. The molecule has 0 saturated carbocycles. The second kappa shape index (κ2) is 3.81. The van der Waals surface area contributed by atoms with E-state index in [-0.39, 0.29) is 18.0 Å². The SMILES string of the molecule is Cc1ccc2c(c1)N(C(C)C)C(=O)C(C)N2. The van der Waals surface area contributed by atoms with E-state index in [1.54, 1.807) is 0 Å². The van der Waals surface area contributed by atoms with Crippen LogP contribution in [0.15, 0.2) is 18.2 Å². The molecule has 0 bridgehead atoms. The zero-order valence-corrected chi connectivity index (χ0v) is 10.2. The molecule has 1 unspecified atom stereocenters. The van der Waals surface area contributed by atoms with E-state index in [1.165, 1.54) is 5.56 Å². The fraction of sp³-hybridized carbons (Fsp3) is 0.462. The first-order valence-electron chi connectivity index (χ1n) is 5.71. The molecule has 1 aliphatic heterocycles. The molecule has 3 nitrogen and oxygen atoms in total. The summed E-state index contributed by atoms with van der Waals surface area (Å²) in [6, 6.07) is 6.22. The van der Waals surface area contributed by atoms with E-state index in [9.17, 15) is 4.79 Å². The Balaban J connectivity index is 2.53. The monoisotopic (exact) mass is 218 g/mol. The minimum absolute atomic E-state index is 0.141. The van der Waals surface area contributed by atoms with Crippen molar-refractivity contribution in [1.29, 1.82) is 0 Å². The van der Waals surface area contributed by atoms with Gasteiger partial charge in [-0.2, -0.15) is 0 Å². The first kappa shape index (κ1) is 11.0. The predicted molar refractivity (Wildman–Crippen MR) is 66.9 cm³/mol. The van der Waals surface area contributed by atoms with Gasteiger partial charge in [0.15, 0.2) is 0 Å². The molecular weight excluding hydrogens is 200 g/mol. The summed E-state index contributed by atoms with van der Waals surface area (Å²) in [6.45, 7) is 8.03. The predicted octanol–water partition coefficient (Wildman–Crippen LogP) is 2.55. The van der Waals surface area contributed by atoms with E-state index in [0.717, 1.165) is 11.4 Å². The molecule has 3 heteroatoms. The summed E-state index contributed by atoms with van der Waals surface area (Å²) in [5.41, 5.74) is 3.22. The first-order chi connectivity index (χ1) is 7.50. The van der Waals surface area contributed by atoms with Crippen molar-refractivity contribution in [2.24, 2.45) is 0 Å². The first-order valence-corrected chi connectivity index (χ1v) is 5.71. The second-order valence-electron chi connectivity index (χ2n) is 4.69. The topological polar surface area (TPSA) is 32.3 Å². The molecule has 1 atom stereocenters. The Kier molecular flexibility index (Phi) is 2.62. The largest absolute Gasteiger partial charge is 0.372 e. The number of nitrogens with one attached hydrogen (secondary N) is 1. The maximum Gasteiger partial charge on any atom is 0.249 e. The third-order valence-electron chi connectivity index (χ3n) is 2.91. The van der Waals surface area contributed by atoms with Crippen LogP contribution in [0.2, 0.25) is 0 Å². The number of anilines is 2. The van der Waals surface area contributed by atoms with Gasteiger partial charge in [0.05, 0.1) is 11.4 Å². The Bertz CT molecular complexity index is 426. The van der Waals surface area contributed by atoms with Crippen molar-refractivity contribution in [2.75, 3.05) is 10.2 Å². The minimum atomic E-state index is -0.141. The zero-order valence-electron chi connectivity index (χ0n) is 10.2. The van der Waals surface area contributed by atoms with Crippen LogP contribution < -0.4 is 10.2 Å². The molecule has 1 heterocycles. The summed E-state index contributed by atoms with van der Waals surface area (Å²) in [5.74, 6) is 0.146. The second-order valence-corrected chi connectivity index (χ2v) is 4.69. The number of hydrogen-bond donors (Lipinski definition) is 1. The molecule has 1 amide bonds. The van der Waals surface area contributed by atoms with Gasteiger partial charge in [0, 0.05) is 6.04 Å². The molecule has 1 aromatic rings. The van der Waals surface area contributed by atoms with Gasteiger partial charge in [0.1, 0.15) is 6.04 Å². The summed E-state index contributed by atoms with van der Waals surface area (Å²) in [6.07, 6.45) is 0. The van der Waals surface area contributed by atoms with Crippen molar-refractivity contribution >= 4 is 17.3 Å². The molecule has 1 aliphatic rings. The number of hydrogen-bond acceptors (Lipinski definition) is 2. The van der Waals surface area contributed by atoms with Crippen LogP contribution in [0, 0.1) is 6.92 Å². The van der Waals surface area contributed by atoms with E-state index in [2.05, 4.69) is 17.4 Å². The molecule has 86 valence electrons. The Morgan fingerprint density at radius 2 is 2.06 bits per heavy atom. The van der Waals surface area contributed by atoms with Crippen molar-refractivity contribution in [3.8, 4) is 0 Å². The summed E-state index contributed by atoms with van der Waals surface area (Å²) in [5, 5.41) is 3.23. The van der Waals surface area contributed by atoms with E-state index in [0.29, 0.717) is 0 Å². The van der Waals surface area contributed by atoms with Crippen molar-refractivity contribution in [1.82, 2.24) is 0 Å². The quantitative estimate of drug-likeness (QED) is 0.785. The molecule has 0 aromatic heterocycles. The highest BCUT2D eigenvalue weighted by molar-refractivity contribution is 6.05. The molecule has 0 radical (unpaired) electrons. The smallest absolute Gasteiger partial charge is 0.249 e. The highest BCUT2D eigenvalue weighted by atomic mass is 16.2. The van der Waals surface area contributed by atoms with E-state index < -0.39 is 0 Å². The molecule has 0 aliphatic carbocycles. The number of fused-ring (bicyclic) bond motifs is 1. The number of carbonyl (C=O) groups is 1. The molecule has 0 saturated heterocycles. The van der Waals surface area contributed by atoms with Gasteiger partial charge in [-0.1, -0.05) is 6.07 Å². The highest BCUT2D eigenvalue weighted by Gasteiger charge is 2.30. The van der Waals surface area contributed by atoms with Gasteiger partial charge in [-0.05, 0) is 45.4 Å². The van der Waals surface area contributed by atoms with Gasteiger partial charge >= 0.3 is 0 Å². The number of aryl methyl sites for hydroxylation is 1. The summed E-state index contributed by atoms with van der Waals surface area (Å²) < 4.78 is 0. The number of nitrogens with zero attached hydrogens (tertiary/aromatic N) is 1. The fourth-order valence-electron chi connectivity index (χ4n) is 2.12. The van der Waals surface area contributed by atoms with Crippen LogP contribution in [0.25, 0.3) is 0 Å².